The van der Waals surface area contributed by atoms with E-state index < -0.39 is 11.8 Å². The number of nitriles is 1. The first-order valence-electron chi connectivity index (χ1n) is 9.51. The summed E-state index contributed by atoms with van der Waals surface area (Å²) in [4.78, 5) is 24.8. The number of rotatable bonds is 7. The molecule has 33 heavy (non-hydrogen) atoms. The van der Waals surface area contributed by atoms with E-state index in [4.69, 9.17) is 39.5 Å². The fourth-order valence-corrected chi connectivity index (χ4v) is 3.18. The molecule has 166 valence electrons. The van der Waals surface area contributed by atoms with Crippen molar-refractivity contribution in [3.05, 3.63) is 92.9 Å². The Morgan fingerprint density at radius 2 is 1.64 bits per heavy atom. The van der Waals surface area contributed by atoms with Crippen LogP contribution in [0.25, 0.3) is 6.08 Å². The van der Waals surface area contributed by atoms with Gasteiger partial charge in [-0.25, -0.2) is 0 Å². The molecule has 0 fully saturated rings. The summed E-state index contributed by atoms with van der Waals surface area (Å²) < 4.78 is 5.61. The van der Waals surface area contributed by atoms with Gasteiger partial charge in [-0.05, 0) is 60.7 Å². The lowest BCUT2D eigenvalue weighted by Crippen LogP contribution is -2.20. The Morgan fingerprint density at radius 1 is 0.939 bits per heavy atom. The van der Waals surface area contributed by atoms with Crippen LogP contribution < -0.4 is 15.4 Å². The monoisotopic (exact) mass is 499 g/mol. The highest BCUT2D eigenvalue weighted by Crippen LogP contribution is 2.26. The predicted molar refractivity (Wildman–Crippen MR) is 131 cm³/mol. The molecule has 9 heteroatoms. The number of anilines is 2. The molecule has 3 aromatic carbocycles. The quantitative estimate of drug-likeness (QED) is 0.298. The third-order valence-corrected chi connectivity index (χ3v) is 5.06. The standard InChI is InChI=1S/C24H16Cl3N3O3/c25-17-5-8-19(9-6-17)29-23(31)14-33-22-10-7-18(26)12-15(22)11-16(13-28)24(32)30-21-4-2-1-3-20(21)27/h1-12H,14H2,(H,29,31)(H,30,32)/b16-11+. The Morgan fingerprint density at radius 3 is 2.33 bits per heavy atom. The van der Waals surface area contributed by atoms with Gasteiger partial charge in [-0.3, -0.25) is 9.59 Å². The second kappa shape index (κ2) is 11.4. The molecular formula is C24H16Cl3N3O3. The maximum absolute atomic E-state index is 12.6. The first kappa shape index (κ1) is 24.1. The summed E-state index contributed by atoms with van der Waals surface area (Å²) in [7, 11) is 0. The molecule has 0 bridgehead atoms. The van der Waals surface area contributed by atoms with E-state index in [-0.39, 0.29) is 17.9 Å². The lowest BCUT2D eigenvalue weighted by molar-refractivity contribution is -0.118. The Balaban J connectivity index is 1.75. The number of carbonyl (C=O) groups is 2. The minimum Gasteiger partial charge on any atom is -0.483 e. The van der Waals surface area contributed by atoms with Crippen molar-refractivity contribution in [2.24, 2.45) is 0 Å². The van der Waals surface area contributed by atoms with E-state index in [1.54, 1.807) is 60.7 Å². The van der Waals surface area contributed by atoms with Crippen molar-refractivity contribution in [1.29, 1.82) is 5.26 Å². The number of ether oxygens (including phenoxy) is 1. The summed E-state index contributed by atoms with van der Waals surface area (Å²) in [5.41, 5.74) is 1.08. The zero-order chi connectivity index (χ0) is 23.8. The summed E-state index contributed by atoms with van der Waals surface area (Å²) in [6.07, 6.45) is 1.32. The minimum absolute atomic E-state index is 0.201. The van der Waals surface area contributed by atoms with Crippen molar-refractivity contribution in [2.45, 2.75) is 0 Å². The number of hydrogen-bond donors (Lipinski definition) is 2. The molecule has 0 radical (unpaired) electrons. The number of hydrogen-bond acceptors (Lipinski definition) is 4. The van der Waals surface area contributed by atoms with Gasteiger partial charge in [0.15, 0.2) is 6.61 Å². The molecule has 3 aromatic rings. The van der Waals surface area contributed by atoms with Gasteiger partial charge in [0.2, 0.25) is 0 Å². The molecule has 0 atom stereocenters. The lowest BCUT2D eigenvalue weighted by Gasteiger charge is -2.11. The molecule has 0 aliphatic rings. The predicted octanol–water partition coefficient (Wildman–Crippen LogP) is 6.21. The summed E-state index contributed by atoms with van der Waals surface area (Å²) in [6.45, 7) is -0.307. The molecule has 0 spiro atoms. The lowest BCUT2D eigenvalue weighted by atomic mass is 10.1. The van der Waals surface area contributed by atoms with Crippen molar-refractivity contribution in [3.8, 4) is 11.8 Å². The van der Waals surface area contributed by atoms with Crippen molar-refractivity contribution in [3.63, 3.8) is 0 Å². The van der Waals surface area contributed by atoms with Crippen LogP contribution in [0.1, 0.15) is 5.56 Å². The van der Waals surface area contributed by atoms with Gasteiger partial charge >= 0.3 is 0 Å². The smallest absolute Gasteiger partial charge is 0.266 e. The van der Waals surface area contributed by atoms with Gasteiger partial charge in [0, 0.05) is 21.3 Å². The first-order chi connectivity index (χ1) is 15.9. The maximum atomic E-state index is 12.6. The Kier molecular flexibility index (Phi) is 8.34. The molecule has 2 amide bonds. The van der Waals surface area contributed by atoms with Gasteiger partial charge in [-0.2, -0.15) is 5.26 Å². The van der Waals surface area contributed by atoms with Gasteiger partial charge in [-0.1, -0.05) is 46.9 Å². The number of para-hydroxylation sites is 1. The highest BCUT2D eigenvalue weighted by atomic mass is 35.5. The fourth-order valence-electron chi connectivity index (χ4n) is 2.69. The van der Waals surface area contributed by atoms with E-state index >= 15 is 0 Å². The summed E-state index contributed by atoms with van der Waals surface area (Å²) in [6, 6.07) is 19.8. The summed E-state index contributed by atoms with van der Waals surface area (Å²) in [5, 5.41) is 16.0. The molecule has 0 aromatic heterocycles. The van der Waals surface area contributed by atoms with E-state index in [1.165, 1.54) is 12.1 Å². The number of nitrogens with one attached hydrogen (secondary N) is 2. The van der Waals surface area contributed by atoms with Gasteiger partial charge in [0.1, 0.15) is 17.4 Å². The highest BCUT2D eigenvalue weighted by molar-refractivity contribution is 6.34. The summed E-state index contributed by atoms with van der Waals surface area (Å²) >= 11 is 18.0. The molecule has 2 N–H and O–H groups in total. The normalized spacial score (nSPS) is 10.8. The number of amides is 2. The fraction of sp³-hybridized carbons (Fsp3) is 0.0417. The molecule has 0 aliphatic heterocycles. The molecular weight excluding hydrogens is 485 g/mol. The van der Waals surface area contributed by atoms with Crippen LogP contribution in [0.4, 0.5) is 11.4 Å². The van der Waals surface area contributed by atoms with Crippen LogP contribution >= 0.6 is 34.8 Å². The zero-order valence-electron chi connectivity index (χ0n) is 16.9. The highest BCUT2D eigenvalue weighted by Gasteiger charge is 2.14. The number of benzene rings is 3. The third kappa shape index (κ3) is 6.99. The van der Waals surface area contributed by atoms with Gasteiger partial charge in [-0.15, -0.1) is 0 Å². The van der Waals surface area contributed by atoms with Crippen molar-refractivity contribution in [2.75, 3.05) is 17.2 Å². The number of halogens is 3. The van der Waals surface area contributed by atoms with Crippen LogP contribution in [0.2, 0.25) is 15.1 Å². The van der Waals surface area contributed by atoms with Crippen molar-refractivity contribution in [1.82, 2.24) is 0 Å². The van der Waals surface area contributed by atoms with E-state index in [2.05, 4.69) is 10.6 Å². The Labute approximate surface area is 205 Å². The SMILES string of the molecule is N#C/C(=C\c1cc(Cl)ccc1OCC(=O)Nc1ccc(Cl)cc1)C(=O)Nc1ccccc1Cl. The van der Waals surface area contributed by atoms with Gasteiger partial charge < -0.3 is 15.4 Å². The maximum Gasteiger partial charge on any atom is 0.266 e. The molecule has 0 saturated carbocycles. The van der Waals surface area contributed by atoms with E-state index in [9.17, 15) is 14.9 Å². The number of nitrogens with zero attached hydrogens (tertiary/aromatic N) is 1. The van der Waals surface area contributed by atoms with Crippen molar-refractivity contribution >= 4 is 64.1 Å². The molecule has 3 rings (SSSR count). The van der Waals surface area contributed by atoms with Crippen LogP contribution in [-0.4, -0.2) is 18.4 Å². The third-order valence-electron chi connectivity index (χ3n) is 4.25. The van der Waals surface area contributed by atoms with E-state index in [1.807, 2.05) is 6.07 Å². The Bertz CT molecular complexity index is 1250. The van der Waals surface area contributed by atoms with Crippen LogP contribution in [0.15, 0.2) is 72.3 Å². The molecule has 0 heterocycles. The largest absolute Gasteiger partial charge is 0.483 e. The second-order valence-corrected chi connectivity index (χ2v) is 7.91. The van der Waals surface area contributed by atoms with E-state index in [0.29, 0.717) is 32.0 Å². The van der Waals surface area contributed by atoms with Crippen LogP contribution in [-0.2, 0) is 9.59 Å². The molecule has 0 unspecified atom stereocenters. The van der Waals surface area contributed by atoms with Gasteiger partial charge in [0.05, 0.1) is 10.7 Å². The molecule has 0 aliphatic carbocycles. The van der Waals surface area contributed by atoms with Gasteiger partial charge in [0.25, 0.3) is 11.8 Å². The number of carbonyl (C=O) groups excluding carboxylic acids is 2. The molecule has 0 saturated heterocycles. The Hall–Kier alpha value is -3.50. The second-order valence-electron chi connectivity index (χ2n) is 6.63. The first-order valence-corrected chi connectivity index (χ1v) is 10.6. The van der Waals surface area contributed by atoms with Crippen LogP contribution in [0.3, 0.4) is 0 Å². The average Bonchev–Trinajstić information content (AvgIpc) is 2.79. The average molecular weight is 501 g/mol. The molecule has 6 nitrogen and oxygen atoms in total. The summed E-state index contributed by atoms with van der Waals surface area (Å²) in [5.74, 6) is -0.792. The zero-order valence-corrected chi connectivity index (χ0v) is 19.2. The van der Waals surface area contributed by atoms with E-state index in [0.717, 1.165) is 0 Å². The topological polar surface area (TPSA) is 91.2 Å². The van der Waals surface area contributed by atoms with Crippen LogP contribution in [0, 0.1) is 11.3 Å². The van der Waals surface area contributed by atoms with Crippen molar-refractivity contribution < 1.29 is 14.3 Å². The minimum atomic E-state index is -0.656. The van der Waals surface area contributed by atoms with Crippen LogP contribution in [0.5, 0.6) is 5.75 Å².